The van der Waals surface area contributed by atoms with Gasteiger partial charge in [-0.3, -0.25) is 4.90 Å². The molecule has 0 aromatic heterocycles. The van der Waals surface area contributed by atoms with E-state index in [9.17, 15) is 8.78 Å². The second-order valence-corrected chi connectivity index (χ2v) is 13.1. The Morgan fingerprint density at radius 2 is 1.70 bits per heavy atom. The Labute approximate surface area is 257 Å². The van der Waals surface area contributed by atoms with Gasteiger partial charge in [0.15, 0.2) is 0 Å². The molecule has 6 rings (SSSR count). The molecule has 3 aromatic carbocycles. The Hall–Kier alpha value is -3.10. The Balaban J connectivity index is 1.25. The van der Waals surface area contributed by atoms with E-state index in [1.807, 2.05) is 36.4 Å². The van der Waals surface area contributed by atoms with Gasteiger partial charge in [-0.05, 0) is 98.7 Å². The first-order chi connectivity index (χ1) is 21.2. The van der Waals surface area contributed by atoms with Gasteiger partial charge in [-0.1, -0.05) is 36.4 Å². The molecule has 0 amide bonds. The van der Waals surface area contributed by atoms with Crippen LogP contribution in [0.15, 0.2) is 60.7 Å². The van der Waals surface area contributed by atoms with E-state index >= 15 is 8.78 Å². The third kappa shape index (κ3) is 7.23. The molecule has 1 N–H and O–H groups in total. The number of halogens is 4. The van der Waals surface area contributed by atoms with Crippen LogP contribution in [0, 0.1) is 17.0 Å². The maximum Gasteiger partial charge on any atom is 0.257 e. The van der Waals surface area contributed by atoms with Gasteiger partial charge in [0, 0.05) is 31.2 Å². The van der Waals surface area contributed by atoms with Gasteiger partial charge in [-0.2, -0.15) is 0 Å². The van der Waals surface area contributed by atoms with Crippen LogP contribution in [0.5, 0.6) is 11.5 Å². The number of rotatable bonds is 8. The van der Waals surface area contributed by atoms with Crippen LogP contribution in [0.1, 0.15) is 80.2 Å². The second kappa shape index (κ2) is 13.1. The Morgan fingerprint density at radius 1 is 0.932 bits per heavy atom. The van der Waals surface area contributed by atoms with Gasteiger partial charge in [0.05, 0.1) is 18.7 Å². The van der Waals surface area contributed by atoms with Gasteiger partial charge in [-0.15, -0.1) is 0 Å². The van der Waals surface area contributed by atoms with E-state index in [1.165, 1.54) is 17.0 Å². The van der Waals surface area contributed by atoms with Crippen molar-refractivity contribution in [1.82, 2.24) is 10.2 Å². The zero-order valence-electron chi connectivity index (χ0n) is 25.4. The minimum absolute atomic E-state index is 0.105. The van der Waals surface area contributed by atoms with Crippen molar-refractivity contribution in [2.45, 2.75) is 83.0 Å². The summed E-state index contributed by atoms with van der Waals surface area (Å²) in [6, 6.07) is 16.6. The number of benzene rings is 3. The van der Waals surface area contributed by atoms with Crippen LogP contribution in [0.4, 0.5) is 17.6 Å². The second-order valence-electron chi connectivity index (χ2n) is 13.1. The molecule has 3 aliphatic rings. The van der Waals surface area contributed by atoms with E-state index in [0.29, 0.717) is 24.3 Å². The van der Waals surface area contributed by atoms with Gasteiger partial charge < -0.3 is 14.8 Å². The van der Waals surface area contributed by atoms with E-state index in [0.717, 1.165) is 76.1 Å². The van der Waals surface area contributed by atoms with Crippen molar-refractivity contribution in [3.8, 4) is 11.5 Å². The van der Waals surface area contributed by atoms with E-state index in [2.05, 4.69) is 5.32 Å². The highest BCUT2D eigenvalue weighted by molar-refractivity contribution is 5.46. The van der Waals surface area contributed by atoms with Crippen molar-refractivity contribution >= 4 is 0 Å². The lowest BCUT2D eigenvalue weighted by molar-refractivity contribution is -0.0246. The molecule has 2 aliphatic heterocycles. The lowest BCUT2D eigenvalue weighted by atomic mass is 9.68. The fraction of sp³-hybridized carbons (Fsp3) is 0.500. The standard InChI is InChI=1S/C36H42F4N2O2/c1-35(39,40)24-42-18-12-26-19-27(43-23-25-7-3-2-4-8-25)10-11-30(26)34(42)33-31(37)20-29(21-32(33)38)44-28-9-5-13-36(22-28)14-6-16-41-17-15-36/h2-4,7-8,10-11,19-21,28,34,41H,5-6,9,12-18,22-24H2,1H3. The number of ether oxygens (including phenoxy) is 2. The number of fused-ring (bicyclic) bond motifs is 1. The third-order valence-corrected chi connectivity index (χ3v) is 9.59. The maximum absolute atomic E-state index is 16.0. The summed E-state index contributed by atoms with van der Waals surface area (Å²) in [5.41, 5.74) is 2.44. The number of hydrogen-bond acceptors (Lipinski definition) is 4. The molecule has 1 aliphatic carbocycles. The lowest BCUT2D eigenvalue weighted by Gasteiger charge is -2.40. The van der Waals surface area contributed by atoms with Crippen molar-refractivity contribution in [1.29, 1.82) is 0 Å². The summed E-state index contributed by atoms with van der Waals surface area (Å²) in [6.45, 7) is 2.85. The summed E-state index contributed by atoms with van der Waals surface area (Å²) in [5.74, 6) is -3.81. The molecule has 3 atom stereocenters. The van der Waals surface area contributed by atoms with Crippen LogP contribution in [0.3, 0.4) is 0 Å². The van der Waals surface area contributed by atoms with Gasteiger partial charge >= 0.3 is 0 Å². The molecule has 1 saturated heterocycles. The number of hydrogen-bond donors (Lipinski definition) is 1. The van der Waals surface area contributed by atoms with Crippen LogP contribution in [-0.2, 0) is 13.0 Å². The summed E-state index contributed by atoms with van der Waals surface area (Å²) >= 11 is 0. The summed E-state index contributed by atoms with van der Waals surface area (Å²) in [7, 11) is 0. The van der Waals surface area contributed by atoms with E-state index in [4.69, 9.17) is 9.47 Å². The minimum atomic E-state index is -3.03. The topological polar surface area (TPSA) is 33.7 Å². The van der Waals surface area contributed by atoms with Crippen LogP contribution in [0.2, 0.25) is 0 Å². The van der Waals surface area contributed by atoms with Gasteiger partial charge in [0.25, 0.3) is 5.92 Å². The van der Waals surface area contributed by atoms with Crippen LogP contribution in [-0.4, -0.2) is 43.1 Å². The molecule has 4 nitrogen and oxygen atoms in total. The van der Waals surface area contributed by atoms with Crippen molar-refractivity contribution in [2.75, 3.05) is 26.2 Å². The maximum atomic E-state index is 16.0. The van der Waals surface area contributed by atoms with Crippen molar-refractivity contribution in [3.05, 3.63) is 94.6 Å². The first kappa shape index (κ1) is 30.9. The van der Waals surface area contributed by atoms with Crippen molar-refractivity contribution in [3.63, 3.8) is 0 Å². The summed E-state index contributed by atoms with van der Waals surface area (Å²) < 4.78 is 72.8. The molecule has 0 bridgehead atoms. The molecule has 2 fully saturated rings. The van der Waals surface area contributed by atoms with E-state index in [1.54, 1.807) is 12.1 Å². The molecule has 236 valence electrons. The molecule has 1 saturated carbocycles. The first-order valence-corrected chi connectivity index (χ1v) is 16.0. The zero-order valence-corrected chi connectivity index (χ0v) is 25.4. The largest absolute Gasteiger partial charge is 0.490 e. The summed E-state index contributed by atoms with van der Waals surface area (Å²) in [6.07, 6.45) is 7.64. The SMILES string of the molecule is CC(F)(F)CN1CCc2cc(OCc3ccccc3)ccc2C1c1c(F)cc(OC2CCCC3(CCCNCC3)C2)cc1F. The highest BCUT2D eigenvalue weighted by atomic mass is 19.3. The first-order valence-electron chi connectivity index (χ1n) is 16.0. The van der Waals surface area contributed by atoms with Crippen molar-refractivity contribution in [2.24, 2.45) is 5.41 Å². The van der Waals surface area contributed by atoms with Crippen molar-refractivity contribution < 1.29 is 27.0 Å². The molecule has 1 spiro atoms. The van der Waals surface area contributed by atoms with E-state index in [-0.39, 0.29) is 29.4 Å². The molecule has 44 heavy (non-hydrogen) atoms. The predicted octanol–water partition coefficient (Wildman–Crippen LogP) is 8.23. The molecule has 3 aromatic rings. The fourth-order valence-electron chi connectivity index (χ4n) is 7.57. The smallest absolute Gasteiger partial charge is 0.257 e. The average Bonchev–Trinajstić information content (AvgIpc) is 3.21. The molecule has 0 radical (unpaired) electrons. The summed E-state index contributed by atoms with van der Waals surface area (Å²) in [5, 5.41) is 3.48. The molecule has 2 heterocycles. The van der Waals surface area contributed by atoms with Crippen LogP contribution < -0.4 is 14.8 Å². The third-order valence-electron chi connectivity index (χ3n) is 9.59. The lowest BCUT2D eigenvalue weighted by Crippen LogP contribution is -2.43. The van der Waals surface area contributed by atoms with Gasteiger partial charge in [-0.25, -0.2) is 17.6 Å². The van der Waals surface area contributed by atoms with Gasteiger partial charge in [0.2, 0.25) is 0 Å². The Morgan fingerprint density at radius 3 is 2.48 bits per heavy atom. The highest BCUT2D eigenvalue weighted by Gasteiger charge is 2.39. The number of nitrogens with one attached hydrogen (secondary N) is 1. The summed E-state index contributed by atoms with van der Waals surface area (Å²) in [4.78, 5) is 1.49. The van der Waals surface area contributed by atoms with E-state index < -0.39 is 30.1 Å². The Kier molecular flexibility index (Phi) is 9.20. The molecule has 3 unspecified atom stereocenters. The average molecular weight is 611 g/mol. The molecular formula is C36H42F4N2O2. The number of alkyl halides is 2. The van der Waals surface area contributed by atoms with Gasteiger partial charge in [0.1, 0.15) is 29.7 Å². The fourth-order valence-corrected chi connectivity index (χ4v) is 7.57. The normalized spacial score (nSPS) is 24.5. The zero-order chi connectivity index (χ0) is 30.7. The quantitative estimate of drug-likeness (QED) is 0.261. The number of nitrogens with zero attached hydrogens (tertiary/aromatic N) is 1. The highest BCUT2D eigenvalue weighted by Crippen LogP contribution is 2.46. The van der Waals surface area contributed by atoms with Crippen LogP contribution >= 0.6 is 0 Å². The van der Waals surface area contributed by atoms with Crippen LogP contribution in [0.25, 0.3) is 0 Å². The predicted molar refractivity (Wildman–Crippen MR) is 163 cm³/mol. The molecular weight excluding hydrogens is 568 g/mol. The molecule has 8 heteroatoms. The monoisotopic (exact) mass is 610 g/mol. The minimum Gasteiger partial charge on any atom is -0.490 e. The Bertz CT molecular complexity index is 1400.